The van der Waals surface area contributed by atoms with Gasteiger partial charge in [-0.2, -0.15) is 0 Å². The van der Waals surface area contributed by atoms with E-state index in [0.717, 1.165) is 5.56 Å². The molecule has 128 valence electrons. The molecule has 0 spiro atoms. The molecule has 1 heterocycles. The minimum atomic E-state index is -0.650. The minimum absolute atomic E-state index is 0.0436. The van der Waals surface area contributed by atoms with Gasteiger partial charge in [0.1, 0.15) is 12.3 Å². The fraction of sp³-hybridized carbons (Fsp3) is 0.389. The van der Waals surface area contributed by atoms with Gasteiger partial charge < -0.3 is 14.5 Å². The summed E-state index contributed by atoms with van der Waals surface area (Å²) in [5.41, 5.74) is 1.36. The molecular weight excluding hydrogens is 308 g/mol. The van der Waals surface area contributed by atoms with Crippen LogP contribution in [0.4, 0.5) is 0 Å². The van der Waals surface area contributed by atoms with Crippen LogP contribution in [-0.2, 0) is 20.7 Å². The molecule has 0 unspecified atom stereocenters. The Kier molecular flexibility index (Phi) is 6.12. The summed E-state index contributed by atoms with van der Waals surface area (Å²) < 4.78 is 10.1. The van der Waals surface area contributed by atoms with Gasteiger partial charge in [-0.1, -0.05) is 32.0 Å². The van der Waals surface area contributed by atoms with Crippen molar-refractivity contribution < 1.29 is 18.7 Å². The minimum Gasteiger partial charge on any atom is -0.467 e. The lowest BCUT2D eigenvalue weighted by Gasteiger charge is -2.17. The number of hydrogen-bond acceptors (Lipinski definition) is 5. The summed E-state index contributed by atoms with van der Waals surface area (Å²) in [6.07, 6.45) is 2.02. The molecule has 0 bridgehead atoms. The van der Waals surface area contributed by atoms with Crippen LogP contribution in [0.15, 0.2) is 41.0 Å². The van der Waals surface area contributed by atoms with Crippen molar-refractivity contribution in [2.45, 2.75) is 32.7 Å². The molecule has 1 N–H and O–H groups in total. The smallest absolute Gasteiger partial charge is 0.328 e. The Morgan fingerprint density at radius 2 is 1.96 bits per heavy atom. The average molecular weight is 330 g/mol. The summed E-state index contributed by atoms with van der Waals surface area (Å²) in [7, 11) is 1.31. The van der Waals surface area contributed by atoms with Gasteiger partial charge in [0.05, 0.1) is 19.2 Å². The lowest BCUT2D eigenvalue weighted by atomic mass is 10.0. The molecule has 6 heteroatoms. The van der Waals surface area contributed by atoms with Gasteiger partial charge in [-0.3, -0.25) is 4.79 Å². The molecule has 6 nitrogen and oxygen atoms in total. The normalized spacial score (nSPS) is 12.0. The van der Waals surface area contributed by atoms with E-state index in [-0.39, 0.29) is 18.2 Å². The number of methoxy groups -OCH3 is 1. The molecule has 0 aliphatic rings. The van der Waals surface area contributed by atoms with Crippen molar-refractivity contribution in [3.8, 4) is 11.5 Å². The molecule has 0 aliphatic carbocycles. The number of amides is 1. The number of nitrogens with zero attached hydrogens (tertiary/aromatic N) is 1. The highest BCUT2D eigenvalue weighted by Gasteiger charge is 2.23. The molecule has 2 aromatic rings. The fourth-order valence-electron chi connectivity index (χ4n) is 2.34. The molecule has 0 saturated heterocycles. The molecular formula is C18H22N2O4. The van der Waals surface area contributed by atoms with Gasteiger partial charge in [-0.05, 0) is 24.5 Å². The van der Waals surface area contributed by atoms with Crippen LogP contribution in [0.25, 0.3) is 11.5 Å². The summed E-state index contributed by atoms with van der Waals surface area (Å²) >= 11 is 0. The second-order valence-electron chi connectivity index (χ2n) is 5.96. The number of rotatable bonds is 7. The Hall–Kier alpha value is -2.63. The van der Waals surface area contributed by atoms with Crippen LogP contribution in [0, 0.1) is 5.92 Å². The summed E-state index contributed by atoms with van der Waals surface area (Å²) in [5.74, 6) is -0.0163. The lowest BCUT2D eigenvalue weighted by Crippen LogP contribution is -2.43. The topological polar surface area (TPSA) is 81.4 Å². The Bertz CT molecular complexity index is 679. The van der Waals surface area contributed by atoms with E-state index >= 15 is 0 Å². The number of ether oxygens (including phenoxy) is 1. The zero-order chi connectivity index (χ0) is 17.5. The van der Waals surface area contributed by atoms with Crippen LogP contribution in [0.1, 0.15) is 26.0 Å². The second kappa shape index (κ2) is 8.29. The van der Waals surface area contributed by atoms with Gasteiger partial charge in [-0.25, -0.2) is 9.78 Å². The van der Waals surface area contributed by atoms with Gasteiger partial charge in [0.15, 0.2) is 0 Å². The van der Waals surface area contributed by atoms with Crippen molar-refractivity contribution in [2.24, 2.45) is 5.92 Å². The summed E-state index contributed by atoms with van der Waals surface area (Å²) in [5, 5.41) is 2.70. The monoisotopic (exact) mass is 330 g/mol. The van der Waals surface area contributed by atoms with Gasteiger partial charge in [0.2, 0.25) is 11.8 Å². The number of esters is 1. The molecule has 0 aliphatic heterocycles. The molecule has 1 aromatic heterocycles. The van der Waals surface area contributed by atoms with E-state index in [1.54, 1.807) is 0 Å². The first-order valence-corrected chi connectivity index (χ1v) is 7.86. The lowest BCUT2D eigenvalue weighted by molar-refractivity contribution is -0.145. The van der Waals surface area contributed by atoms with Crippen LogP contribution >= 0.6 is 0 Å². The number of oxazole rings is 1. The standard InChI is InChI=1S/C18H22N2O4/c1-12(2)9-15(18(22)23-3)20-16(21)10-14-11-24-17(19-14)13-7-5-4-6-8-13/h4-8,11-12,15H,9-10H2,1-3H3,(H,20,21)/t15-/m1/s1. The maximum absolute atomic E-state index is 12.2. The third kappa shape index (κ3) is 4.94. The van der Waals surface area contributed by atoms with Crippen LogP contribution < -0.4 is 5.32 Å². The van der Waals surface area contributed by atoms with Crippen LogP contribution in [-0.4, -0.2) is 30.0 Å². The molecule has 1 atom stereocenters. The van der Waals surface area contributed by atoms with E-state index < -0.39 is 12.0 Å². The first-order valence-electron chi connectivity index (χ1n) is 7.86. The van der Waals surface area contributed by atoms with E-state index in [1.807, 2.05) is 44.2 Å². The molecule has 2 rings (SSSR count). The summed E-state index contributed by atoms with van der Waals surface area (Å²) in [6, 6.07) is 8.79. The van der Waals surface area contributed by atoms with Crippen molar-refractivity contribution >= 4 is 11.9 Å². The number of nitrogens with one attached hydrogen (secondary N) is 1. The number of hydrogen-bond donors (Lipinski definition) is 1. The number of benzene rings is 1. The molecule has 24 heavy (non-hydrogen) atoms. The van der Waals surface area contributed by atoms with E-state index in [4.69, 9.17) is 9.15 Å². The molecule has 1 amide bonds. The van der Waals surface area contributed by atoms with Crippen molar-refractivity contribution in [2.75, 3.05) is 7.11 Å². The largest absolute Gasteiger partial charge is 0.467 e. The quantitative estimate of drug-likeness (QED) is 0.789. The molecule has 0 saturated carbocycles. The highest BCUT2D eigenvalue weighted by molar-refractivity contribution is 5.85. The summed E-state index contributed by atoms with van der Waals surface area (Å²) in [6.45, 7) is 3.96. The molecule has 0 radical (unpaired) electrons. The highest BCUT2D eigenvalue weighted by Crippen LogP contribution is 2.18. The van der Waals surface area contributed by atoms with Crippen LogP contribution in [0.3, 0.4) is 0 Å². The van der Waals surface area contributed by atoms with Gasteiger partial charge in [-0.15, -0.1) is 0 Å². The maximum Gasteiger partial charge on any atom is 0.328 e. The van der Waals surface area contributed by atoms with Crippen LogP contribution in [0.2, 0.25) is 0 Å². The van der Waals surface area contributed by atoms with E-state index in [0.29, 0.717) is 18.0 Å². The number of carbonyl (C=O) groups is 2. The fourth-order valence-corrected chi connectivity index (χ4v) is 2.34. The van der Waals surface area contributed by atoms with E-state index in [2.05, 4.69) is 10.3 Å². The zero-order valence-electron chi connectivity index (χ0n) is 14.1. The third-order valence-electron chi connectivity index (χ3n) is 3.44. The highest BCUT2D eigenvalue weighted by atomic mass is 16.5. The molecule has 0 fully saturated rings. The number of carbonyl (C=O) groups excluding carboxylic acids is 2. The van der Waals surface area contributed by atoms with Crippen molar-refractivity contribution in [1.29, 1.82) is 0 Å². The zero-order valence-corrected chi connectivity index (χ0v) is 14.1. The Morgan fingerprint density at radius 3 is 2.58 bits per heavy atom. The first-order chi connectivity index (χ1) is 11.5. The predicted octanol–water partition coefficient (Wildman–Crippen LogP) is 2.59. The van der Waals surface area contributed by atoms with Crippen LogP contribution in [0.5, 0.6) is 0 Å². The van der Waals surface area contributed by atoms with Crippen molar-refractivity contribution in [3.63, 3.8) is 0 Å². The summed E-state index contributed by atoms with van der Waals surface area (Å²) in [4.78, 5) is 28.2. The Morgan fingerprint density at radius 1 is 1.25 bits per heavy atom. The second-order valence-corrected chi connectivity index (χ2v) is 5.96. The number of aromatic nitrogens is 1. The van der Waals surface area contributed by atoms with Crippen molar-refractivity contribution in [1.82, 2.24) is 10.3 Å². The van der Waals surface area contributed by atoms with Gasteiger partial charge >= 0.3 is 5.97 Å². The maximum atomic E-state index is 12.2. The average Bonchev–Trinajstić information content (AvgIpc) is 3.02. The van der Waals surface area contributed by atoms with Gasteiger partial charge in [0.25, 0.3) is 0 Å². The third-order valence-corrected chi connectivity index (χ3v) is 3.44. The molecule has 1 aromatic carbocycles. The van der Waals surface area contributed by atoms with E-state index in [9.17, 15) is 9.59 Å². The first kappa shape index (κ1) is 17.7. The predicted molar refractivity (Wildman–Crippen MR) is 89.0 cm³/mol. The van der Waals surface area contributed by atoms with Gasteiger partial charge in [0, 0.05) is 5.56 Å². The SMILES string of the molecule is COC(=O)[C@@H](CC(C)C)NC(=O)Cc1coc(-c2ccccc2)n1. The van der Waals surface area contributed by atoms with E-state index in [1.165, 1.54) is 13.4 Å². The Labute approximate surface area is 141 Å². The Balaban J connectivity index is 1.99. The van der Waals surface area contributed by atoms with Crippen molar-refractivity contribution in [3.05, 3.63) is 42.3 Å².